The molecular weight excluding hydrogens is 285 g/mol. The van der Waals surface area contributed by atoms with E-state index in [1.54, 1.807) is 12.1 Å². The molecule has 0 atom stereocenters. The van der Waals surface area contributed by atoms with Crippen LogP contribution in [0, 0.1) is 5.82 Å². The predicted molar refractivity (Wildman–Crippen MR) is 80.4 cm³/mol. The first-order valence-electron chi connectivity index (χ1n) is 7.36. The number of nitrogens with zero attached hydrogens (tertiary/aromatic N) is 3. The third-order valence-electron chi connectivity index (χ3n) is 3.64. The Balaban J connectivity index is 1.61. The van der Waals surface area contributed by atoms with Crippen LogP contribution in [0.15, 0.2) is 33.8 Å². The van der Waals surface area contributed by atoms with Crippen molar-refractivity contribution in [1.29, 1.82) is 0 Å². The van der Waals surface area contributed by atoms with Crippen LogP contribution in [-0.2, 0) is 6.54 Å². The van der Waals surface area contributed by atoms with Crippen molar-refractivity contribution in [3.63, 3.8) is 0 Å². The normalized spacial score (nSPS) is 16.1. The summed E-state index contributed by atoms with van der Waals surface area (Å²) < 4.78 is 18.3. The van der Waals surface area contributed by atoms with Gasteiger partial charge in [0.05, 0.1) is 0 Å². The Morgan fingerprint density at radius 3 is 3.00 bits per heavy atom. The molecule has 0 unspecified atom stereocenters. The molecule has 1 aliphatic carbocycles. The molecule has 1 aromatic heterocycles. The van der Waals surface area contributed by atoms with E-state index in [2.05, 4.69) is 20.4 Å². The summed E-state index contributed by atoms with van der Waals surface area (Å²) in [5, 5.41) is 7.01. The van der Waals surface area contributed by atoms with Crippen molar-refractivity contribution in [3.8, 4) is 11.4 Å². The maximum absolute atomic E-state index is 13.2. The minimum atomic E-state index is -0.341. The van der Waals surface area contributed by atoms with E-state index in [9.17, 15) is 4.39 Å². The van der Waals surface area contributed by atoms with Crippen LogP contribution in [0.1, 0.15) is 31.6 Å². The number of guanidine groups is 1. The smallest absolute Gasteiger partial charge is 0.248 e. The molecule has 1 aromatic carbocycles. The number of aromatic nitrogens is 2. The van der Waals surface area contributed by atoms with Crippen LogP contribution < -0.4 is 11.1 Å². The molecule has 0 saturated heterocycles. The lowest BCUT2D eigenvalue weighted by Gasteiger charge is -2.11. The summed E-state index contributed by atoms with van der Waals surface area (Å²) in [5.41, 5.74) is 6.40. The number of hydrogen-bond donors (Lipinski definition) is 2. The molecule has 1 aliphatic rings. The average molecular weight is 303 g/mol. The van der Waals surface area contributed by atoms with Crippen molar-refractivity contribution in [2.45, 2.75) is 38.3 Å². The Morgan fingerprint density at radius 2 is 2.23 bits per heavy atom. The maximum atomic E-state index is 13.2. The molecule has 7 heteroatoms. The SMILES string of the molecule is NC(=NCc1nc(-c2cccc(F)c2)no1)NC1CCCC1. The van der Waals surface area contributed by atoms with E-state index in [4.69, 9.17) is 10.3 Å². The standard InChI is InChI=1S/C15H18FN5O/c16-11-5-3-4-10(8-11)14-20-13(22-21-14)9-18-15(17)19-12-6-1-2-7-12/h3-5,8,12H,1-2,6-7,9H2,(H3,17,18,19). The fourth-order valence-electron chi connectivity index (χ4n) is 2.54. The van der Waals surface area contributed by atoms with Crippen molar-refractivity contribution in [2.24, 2.45) is 10.7 Å². The van der Waals surface area contributed by atoms with Gasteiger partial charge in [-0.15, -0.1) is 0 Å². The van der Waals surface area contributed by atoms with Crippen LogP contribution in [-0.4, -0.2) is 22.1 Å². The second-order valence-electron chi connectivity index (χ2n) is 5.35. The van der Waals surface area contributed by atoms with Crippen LogP contribution in [0.2, 0.25) is 0 Å². The fraction of sp³-hybridized carbons (Fsp3) is 0.400. The lowest BCUT2D eigenvalue weighted by atomic mass is 10.2. The van der Waals surface area contributed by atoms with Crippen molar-refractivity contribution >= 4 is 5.96 Å². The van der Waals surface area contributed by atoms with Crippen LogP contribution in [0.25, 0.3) is 11.4 Å². The van der Waals surface area contributed by atoms with E-state index in [-0.39, 0.29) is 12.4 Å². The zero-order chi connectivity index (χ0) is 15.4. The molecule has 22 heavy (non-hydrogen) atoms. The summed E-state index contributed by atoms with van der Waals surface area (Å²) in [7, 11) is 0. The highest BCUT2D eigenvalue weighted by atomic mass is 19.1. The molecule has 1 fully saturated rings. The van der Waals surface area contributed by atoms with Gasteiger partial charge in [0.15, 0.2) is 5.96 Å². The summed E-state index contributed by atoms with van der Waals surface area (Å²) >= 11 is 0. The van der Waals surface area contributed by atoms with Gasteiger partial charge in [0.1, 0.15) is 12.4 Å². The lowest BCUT2D eigenvalue weighted by molar-refractivity contribution is 0.380. The van der Waals surface area contributed by atoms with Gasteiger partial charge < -0.3 is 15.6 Å². The van der Waals surface area contributed by atoms with Crippen LogP contribution >= 0.6 is 0 Å². The highest BCUT2D eigenvalue weighted by Crippen LogP contribution is 2.18. The number of halogens is 1. The van der Waals surface area contributed by atoms with Gasteiger partial charge in [-0.2, -0.15) is 4.98 Å². The summed E-state index contributed by atoms with van der Waals surface area (Å²) in [6.45, 7) is 0.202. The first-order chi connectivity index (χ1) is 10.7. The second kappa shape index (κ2) is 6.55. The minimum Gasteiger partial charge on any atom is -0.370 e. The topological polar surface area (TPSA) is 89.3 Å². The van der Waals surface area contributed by atoms with Crippen molar-refractivity contribution < 1.29 is 8.91 Å². The molecule has 0 amide bonds. The monoisotopic (exact) mass is 303 g/mol. The molecule has 0 aliphatic heterocycles. The zero-order valence-electron chi connectivity index (χ0n) is 12.1. The maximum Gasteiger partial charge on any atom is 0.248 e. The van der Waals surface area contributed by atoms with Crippen molar-refractivity contribution in [3.05, 3.63) is 36.0 Å². The Morgan fingerprint density at radius 1 is 1.41 bits per heavy atom. The number of hydrogen-bond acceptors (Lipinski definition) is 4. The van der Waals surface area contributed by atoms with E-state index in [1.165, 1.54) is 25.0 Å². The molecule has 0 bridgehead atoms. The number of nitrogens with two attached hydrogens (primary N) is 1. The third-order valence-corrected chi connectivity index (χ3v) is 3.64. The summed E-state index contributed by atoms with van der Waals surface area (Å²) in [6.07, 6.45) is 4.71. The lowest BCUT2D eigenvalue weighted by Crippen LogP contribution is -2.38. The van der Waals surface area contributed by atoms with E-state index >= 15 is 0 Å². The Bertz CT molecular complexity index is 663. The molecule has 2 aromatic rings. The number of aliphatic imine (C=N–C) groups is 1. The fourth-order valence-corrected chi connectivity index (χ4v) is 2.54. The quantitative estimate of drug-likeness (QED) is 0.668. The first-order valence-corrected chi connectivity index (χ1v) is 7.36. The Labute approximate surface area is 127 Å². The molecule has 0 spiro atoms. The van der Waals surface area contributed by atoms with Gasteiger partial charge in [-0.1, -0.05) is 30.1 Å². The van der Waals surface area contributed by atoms with Crippen LogP contribution in [0.3, 0.4) is 0 Å². The highest BCUT2D eigenvalue weighted by molar-refractivity contribution is 5.78. The van der Waals surface area contributed by atoms with Gasteiger partial charge >= 0.3 is 0 Å². The molecule has 1 saturated carbocycles. The first kappa shape index (κ1) is 14.5. The highest BCUT2D eigenvalue weighted by Gasteiger charge is 2.15. The van der Waals surface area contributed by atoms with Gasteiger partial charge in [0, 0.05) is 11.6 Å². The molecule has 0 radical (unpaired) electrons. The second-order valence-corrected chi connectivity index (χ2v) is 5.35. The van der Waals surface area contributed by atoms with Crippen LogP contribution in [0.5, 0.6) is 0 Å². The van der Waals surface area contributed by atoms with Crippen molar-refractivity contribution in [2.75, 3.05) is 0 Å². The molecular formula is C15H18FN5O. The molecule has 6 nitrogen and oxygen atoms in total. The van der Waals surface area contributed by atoms with Crippen molar-refractivity contribution in [1.82, 2.24) is 15.5 Å². The van der Waals surface area contributed by atoms with Gasteiger partial charge in [-0.05, 0) is 25.0 Å². The number of rotatable bonds is 4. The molecule has 3 rings (SSSR count). The van der Waals surface area contributed by atoms with Gasteiger partial charge in [-0.3, -0.25) is 0 Å². The summed E-state index contributed by atoms with van der Waals surface area (Å²) in [5.74, 6) is 0.728. The number of benzene rings is 1. The van der Waals surface area contributed by atoms with Crippen LogP contribution in [0.4, 0.5) is 4.39 Å². The Kier molecular flexibility index (Phi) is 4.32. The van der Waals surface area contributed by atoms with E-state index in [0.29, 0.717) is 29.3 Å². The average Bonchev–Trinajstić information content (AvgIpc) is 3.16. The molecule has 1 heterocycles. The summed E-state index contributed by atoms with van der Waals surface area (Å²) in [6, 6.07) is 6.45. The summed E-state index contributed by atoms with van der Waals surface area (Å²) in [4.78, 5) is 8.39. The minimum absolute atomic E-state index is 0.202. The molecule has 116 valence electrons. The van der Waals surface area contributed by atoms with E-state index in [0.717, 1.165) is 12.8 Å². The number of nitrogens with one attached hydrogen (secondary N) is 1. The van der Waals surface area contributed by atoms with Gasteiger partial charge in [0.2, 0.25) is 11.7 Å². The zero-order valence-corrected chi connectivity index (χ0v) is 12.1. The largest absolute Gasteiger partial charge is 0.370 e. The van der Waals surface area contributed by atoms with Gasteiger partial charge in [-0.25, -0.2) is 9.38 Å². The molecule has 3 N–H and O–H groups in total. The van der Waals surface area contributed by atoms with E-state index < -0.39 is 0 Å². The predicted octanol–water partition coefficient (Wildman–Crippen LogP) is 2.22. The van der Waals surface area contributed by atoms with Gasteiger partial charge in [0.25, 0.3) is 0 Å². The Hall–Kier alpha value is -2.44. The third kappa shape index (κ3) is 3.60. The van der Waals surface area contributed by atoms with E-state index in [1.807, 2.05) is 0 Å².